The highest BCUT2D eigenvalue weighted by Crippen LogP contribution is 2.35. The topological polar surface area (TPSA) is 86.8 Å². The summed E-state index contributed by atoms with van der Waals surface area (Å²) in [5, 5.41) is 3.23. The molecule has 0 atom stereocenters. The van der Waals surface area contributed by atoms with Crippen molar-refractivity contribution in [1.29, 1.82) is 0 Å². The van der Waals surface area contributed by atoms with Gasteiger partial charge >= 0.3 is 0 Å². The molecule has 1 fully saturated rings. The van der Waals surface area contributed by atoms with Gasteiger partial charge < -0.3 is 10.2 Å². The zero-order valence-electron chi connectivity index (χ0n) is 15.6. The van der Waals surface area contributed by atoms with Crippen molar-refractivity contribution in [2.75, 3.05) is 29.3 Å². The number of nitrogens with one attached hydrogen (secondary N) is 1. The standard InChI is InChI=1S/C20H20ClN3O4S/c21-15-4-7-17(8-5-15)29(27,28)24-11-9-14-3-6-16(12-18(14)24)22-19(25)13-23-10-1-2-20(23)26/h3-8,12H,1-2,9-11,13H2,(H,22,25). The second kappa shape index (κ2) is 7.68. The van der Waals surface area contributed by atoms with E-state index in [1.54, 1.807) is 24.3 Å². The fraction of sp³-hybridized carbons (Fsp3) is 0.300. The minimum Gasteiger partial charge on any atom is -0.333 e. The van der Waals surface area contributed by atoms with E-state index in [2.05, 4.69) is 5.32 Å². The molecule has 7 nitrogen and oxygen atoms in total. The lowest BCUT2D eigenvalue weighted by Crippen LogP contribution is -2.34. The van der Waals surface area contributed by atoms with Crippen LogP contribution >= 0.6 is 11.6 Å². The van der Waals surface area contributed by atoms with Gasteiger partial charge in [-0.1, -0.05) is 17.7 Å². The molecule has 2 aromatic rings. The van der Waals surface area contributed by atoms with Gasteiger partial charge in [-0.15, -0.1) is 0 Å². The molecule has 1 saturated heterocycles. The highest BCUT2D eigenvalue weighted by atomic mass is 35.5. The summed E-state index contributed by atoms with van der Waals surface area (Å²) in [6, 6.07) is 11.3. The number of carbonyl (C=O) groups excluding carboxylic acids is 2. The number of hydrogen-bond donors (Lipinski definition) is 1. The Kier molecular flexibility index (Phi) is 5.23. The average molecular weight is 434 g/mol. The summed E-state index contributed by atoms with van der Waals surface area (Å²) >= 11 is 5.87. The lowest BCUT2D eigenvalue weighted by atomic mass is 10.1. The van der Waals surface area contributed by atoms with Gasteiger partial charge in [0.1, 0.15) is 0 Å². The first kappa shape index (κ1) is 19.7. The normalized spacial score (nSPS) is 16.2. The molecule has 2 aromatic carbocycles. The Labute approximate surface area is 174 Å². The van der Waals surface area contributed by atoms with Crippen LogP contribution in [-0.2, 0) is 26.0 Å². The van der Waals surface area contributed by atoms with Gasteiger partial charge in [-0.05, 0) is 54.8 Å². The molecule has 2 heterocycles. The number of amides is 2. The zero-order valence-corrected chi connectivity index (χ0v) is 17.2. The summed E-state index contributed by atoms with van der Waals surface area (Å²) in [7, 11) is -3.73. The van der Waals surface area contributed by atoms with Crippen molar-refractivity contribution in [2.45, 2.75) is 24.2 Å². The van der Waals surface area contributed by atoms with Crippen LogP contribution in [0, 0.1) is 0 Å². The number of rotatable bonds is 5. The number of likely N-dealkylation sites (tertiary alicyclic amines) is 1. The van der Waals surface area contributed by atoms with Crippen molar-refractivity contribution in [1.82, 2.24) is 4.90 Å². The SMILES string of the molecule is O=C(CN1CCCC1=O)Nc1ccc2c(c1)N(S(=O)(=O)c1ccc(Cl)cc1)CC2. The summed E-state index contributed by atoms with van der Waals surface area (Å²) in [5.74, 6) is -0.320. The minimum absolute atomic E-state index is 0.00268. The number of benzene rings is 2. The molecule has 0 radical (unpaired) electrons. The van der Waals surface area contributed by atoms with Crippen LogP contribution < -0.4 is 9.62 Å². The molecule has 4 rings (SSSR count). The smallest absolute Gasteiger partial charge is 0.264 e. The molecule has 2 amide bonds. The fourth-order valence-corrected chi connectivity index (χ4v) is 5.28. The molecule has 0 bridgehead atoms. The first-order chi connectivity index (χ1) is 13.8. The van der Waals surface area contributed by atoms with E-state index >= 15 is 0 Å². The number of hydrogen-bond acceptors (Lipinski definition) is 4. The van der Waals surface area contributed by atoms with E-state index in [0.29, 0.717) is 42.3 Å². The summed E-state index contributed by atoms with van der Waals surface area (Å²) in [4.78, 5) is 25.7. The highest BCUT2D eigenvalue weighted by Gasteiger charge is 2.31. The lowest BCUT2D eigenvalue weighted by molar-refractivity contribution is -0.131. The number of carbonyl (C=O) groups is 2. The maximum atomic E-state index is 13.1. The highest BCUT2D eigenvalue weighted by molar-refractivity contribution is 7.92. The molecular weight excluding hydrogens is 414 g/mol. The molecule has 0 aliphatic carbocycles. The number of fused-ring (bicyclic) bond motifs is 1. The van der Waals surface area contributed by atoms with Gasteiger partial charge in [0, 0.05) is 30.2 Å². The van der Waals surface area contributed by atoms with Crippen molar-refractivity contribution in [3.05, 3.63) is 53.1 Å². The van der Waals surface area contributed by atoms with Crippen LogP contribution in [0.25, 0.3) is 0 Å². The second-order valence-corrected chi connectivity index (χ2v) is 9.39. The van der Waals surface area contributed by atoms with Crippen molar-refractivity contribution in [3.63, 3.8) is 0 Å². The molecule has 1 N–H and O–H groups in total. The van der Waals surface area contributed by atoms with Gasteiger partial charge in [0.2, 0.25) is 11.8 Å². The average Bonchev–Trinajstić information content (AvgIpc) is 3.28. The maximum absolute atomic E-state index is 13.1. The van der Waals surface area contributed by atoms with Gasteiger partial charge in [0.25, 0.3) is 10.0 Å². The van der Waals surface area contributed by atoms with Gasteiger partial charge in [0.05, 0.1) is 17.1 Å². The summed E-state index contributed by atoms with van der Waals surface area (Å²) in [5.41, 5.74) is 1.95. The van der Waals surface area contributed by atoms with Crippen LogP contribution in [0.4, 0.5) is 11.4 Å². The first-order valence-corrected chi connectivity index (χ1v) is 11.2. The predicted octanol–water partition coefficient (Wildman–Crippen LogP) is 2.65. The largest absolute Gasteiger partial charge is 0.333 e. The zero-order chi connectivity index (χ0) is 20.6. The van der Waals surface area contributed by atoms with E-state index in [1.165, 1.54) is 21.3 Å². The lowest BCUT2D eigenvalue weighted by Gasteiger charge is -2.20. The van der Waals surface area contributed by atoms with Crippen LogP contribution in [0.3, 0.4) is 0 Å². The molecule has 152 valence electrons. The molecule has 0 saturated carbocycles. The van der Waals surface area contributed by atoms with E-state index in [0.717, 1.165) is 12.0 Å². The van der Waals surface area contributed by atoms with E-state index in [1.807, 2.05) is 6.07 Å². The third-order valence-electron chi connectivity index (χ3n) is 5.13. The van der Waals surface area contributed by atoms with Crippen molar-refractivity contribution in [2.24, 2.45) is 0 Å². The van der Waals surface area contributed by atoms with Gasteiger partial charge in [0.15, 0.2) is 0 Å². The van der Waals surface area contributed by atoms with Gasteiger partial charge in [-0.25, -0.2) is 8.42 Å². The molecule has 2 aliphatic heterocycles. The molecule has 29 heavy (non-hydrogen) atoms. The first-order valence-electron chi connectivity index (χ1n) is 9.33. The third-order valence-corrected chi connectivity index (χ3v) is 7.21. The van der Waals surface area contributed by atoms with Crippen molar-refractivity contribution in [3.8, 4) is 0 Å². The molecule has 0 spiro atoms. The van der Waals surface area contributed by atoms with Crippen LogP contribution in [-0.4, -0.2) is 44.8 Å². The Hall–Kier alpha value is -2.58. The number of halogens is 1. The van der Waals surface area contributed by atoms with Crippen molar-refractivity contribution < 1.29 is 18.0 Å². The van der Waals surface area contributed by atoms with Crippen molar-refractivity contribution >= 4 is 44.8 Å². The van der Waals surface area contributed by atoms with Crippen LogP contribution in [0.1, 0.15) is 18.4 Å². The van der Waals surface area contributed by atoms with E-state index in [9.17, 15) is 18.0 Å². The Morgan fingerprint density at radius 3 is 2.52 bits per heavy atom. The summed E-state index contributed by atoms with van der Waals surface area (Å²) in [6.07, 6.45) is 1.84. The maximum Gasteiger partial charge on any atom is 0.264 e. The molecule has 0 aromatic heterocycles. The monoisotopic (exact) mass is 433 g/mol. The van der Waals surface area contributed by atoms with Gasteiger partial charge in [-0.2, -0.15) is 0 Å². The molecule has 9 heteroatoms. The Balaban J connectivity index is 1.54. The fourth-order valence-electron chi connectivity index (χ4n) is 3.66. The third kappa shape index (κ3) is 3.95. The van der Waals surface area contributed by atoms with E-state index in [4.69, 9.17) is 11.6 Å². The van der Waals surface area contributed by atoms with Crippen LogP contribution in [0.5, 0.6) is 0 Å². The van der Waals surface area contributed by atoms with E-state index in [-0.39, 0.29) is 23.3 Å². The molecule has 0 unspecified atom stereocenters. The number of nitrogens with zero attached hydrogens (tertiary/aromatic N) is 2. The Morgan fingerprint density at radius 2 is 1.83 bits per heavy atom. The summed E-state index contributed by atoms with van der Waals surface area (Å²) in [6.45, 7) is 0.923. The number of anilines is 2. The quantitative estimate of drug-likeness (QED) is 0.785. The van der Waals surface area contributed by atoms with Crippen LogP contribution in [0.15, 0.2) is 47.4 Å². The summed E-state index contributed by atoms with van der Waals surface area (Å²) < 4.78 is 27.5. The van der Waals surface area contributed by atoms with Crippen LogP contribution in [0.2, 0.25) is 5.02 Å². The van der Waals surface area contributed by atoms with Gasteiger partial charge in [-0.3, -0.25) is 13.9 Å². The molecule has 2 aliphatic rings. The second-order valence-electron chi connectivity index (χ2n) is 7.09. The van der Waals surface area contributed by atoms with E-state index < -0.39 is 10.0 Å². The molecular formula is C20H20ClN3O4S. The minimum atomic E-state index is -3.73. The Morgan fingerprint density at radius 1 is 1.07 bits per heavy atom. The number of sulfonamides is 1. The predicted molar refractivity (Wildman–Crippen MR) is 111 cm³/mol. The Bertz CT molecular complexity index is 1070.